The van der Waals surface area contributed by atoms with Crippen LogP contribution in [0, 0.1) is 0 Å². The standard InChI is InChI=1S/C21H29N3O2/c25-20-15-19(21(26)24(20)18-9-5-2-6-10-18)23-13-11-22(12-14-23)16-17-7-3-1-4-8-17/h1,3-4,7-8,18-19H,2,5-6,9-16H2. The molecule has 0 N–H and O–H groups in total. The summed E-state index contributed by atoms with van der Waals surface area (Å²) in [5.74, 6) is 0.122. The average molecular weight is 355 g/mol. The fourth-order valence-corrected chi connectivity index (χ4v) is 4.72. The monoisotopic (exact) mass is 355 g/mol. The van der Waals surface area contributed by atoms with Crippen LogP contribution < -0.4 is 0 Å². The zero-order chi connectivity index (χ0) is 17.9. The van der Waals surface area contributed by atoms with Crippen LogP contribution in [0.5, 0.6) is 0 Å². The molecule has 0 spiro atoms. The van der Waals surface area contributed by atoms with Crippen LogP contribution in [0.15, 0.2) is 30.3 Å². The van der Waals surface area contributed by atoms with Crippen LogP contribution in [0.4, 0.5) is 0 Å². The number of hydrogen-bond acceptors (Lipinski definition) is 4. The van der Waals surface area contributed by atoms with Crippen molar-refractivity contribution < 1.29 is 9.59 Å². The maximum atomic E-state index is 12.9. The quantitative estimate of drug-likeness (QED) is 0.777. The molecule has 5 nitrogen and oxygen atoms in total. The van der Waals surface area contributed by atoms with Gasteiger partial charge in [-0.2, -0.15) is 0 Å². The molecule has 0 aromatic heterocycles. The average Bonchev–Trinajstić information content (AvgIpc) is 2.98. The van der Waals surface area contributed by atoms with Crippen LogP contribution in [0.2, 0.25) is 0 Å². The van der Waals surface area contributed by atoms with E-state index >= 15 is 0 Å². The lowest BCUT2D eigenvalue weighted by atomic mass is 9.94. The Morgan fingerprint density at radius 3 is 2.27 bits per heavy atom. The molecule has 4 rings (SSSR count). The van der Waals surface area contributed by atoms with Gasteiger partial charge < -0.3 is 0 Å². The fraction of sp³-hybridized carbons (Fsp3) is 0.619. The number of imide groups is 1. The van der Waals surface area contributed by atoms with E-state index in [-0.39, 0.29) is 23.9 Å². The van der Waals surface area contributed by atoms with E-state index in [1.807, 2.05) is 6.07 Å². The van der Waals surface area contributed by atoms with E-state index in [0.717, 1.165) is 58.4 Å². The maximum Gasteiger partial charge on any atom is 0.247 e. The molecule has 1 unspecified atom stereocenters. The van der Waals surface area contributed by atoms with Crippen LogP contribution in [0.25, 0.3) is 0 Å². The van der Waals surface area contributed by atoms with Gasteiger partial charge in [-0.3, -0.25) is 24.3 Å². The minimum Gasteiger partial charge on any atom is -0.297 e. The number of likely N-dealkylation sites (tertiary alicyclic amines) is 1. The minimum atomic E-state index is -0.219. The van der Waals surface area contributed by atoms with Crippen molar-refractivity contribution in [1.82, 2.24) is 14.7 Å². The van der Waals surface area contributed by atoms with Gasteiger partial charge in [0.2, 0.25) is 11.8 Å². The Hall–Kier alpha value is -1.72. The lowest BCUT2D eigenvalue weighted by Gasteiger charge is -2.37. The van der Waals surface area contributed by atoms with Crippen LogP contribution >= 0.6 is 0 Å². The van der Waals surface area contributed by atoms with Gasteiger partial charge in [-0.1, -0.05) is 49.6 Å². The van der Waals surface area contributed by atoms with Gasteiger partial charge in [0.05, 0.1) is 12.5 Å². The third kappa shape index (κ3) is 3.69. The third-order valence-corrected chi connectivity index (χ3v) is 6.20. The first-order valence-corrected chi connectivity index (χ1v) is 10.1. The molecule has 5 heteroatoms. The molecule has 140 valence electrons. The number of rotatable bonds is 4. The molecular formula is C21H29N3O2. The predicted octanol–water partition coefficient (Wildman–Crippen LogP) is 2.26. The van der Waals surface area contributed by atoms with Crippen molar-refractivity contribution in [3.8, 4) is 0 Å². The third-order valence-electron chi connectivity index (χ3n) is 6.20. The summed E-state index contributed by atoms with van der Waals surface area (Å²) in [5, 5.41) is 0. The van der Waals surface area contributed by atoms with Gasteiger partial charge in [0.15, 0.2) is 0 Å². The molecule has 1 saturated carbocycles. The number of nitrogens with zero attached hydrogens (tertiary/aromatic N) is 3. The van der Waals surface area contributed by atoms with Crippen molar-refractivity contribution in [3.63, 3.8) is 0 Å². The van der Waals surface area contributed by atoms with Crippen molar-refractivity contribution in [3.05, 3.63) is 35.9 Å². The molecule has 1 aliphatic carbocycles. The first-order chi connectivity index (χ1) is 12.7. The summed E-state index contributed by atoms with van der Waals surface area (Å²) in [5.41, 5.74) is 1.33. The topological polar surface area (TPSA) is 43.9 Å². The molecule has 2 amide bonds. The minimum absolute atomic E-state index is 0.0543. The van der Waals surface area contributed by atoms with E-state index in [4.69, 9.17) is 0 Å². The number of hydrogen-bond donors (Lipinski definition) is 0. The second-order valence-corrected chi connectivity index (χ2v) is 7.91. The van der Waals surface area contributed by atoms with Crippen molar-refractivity contribution in [1.29, 1.82) is 0 Å². The highest BCUT2D eigenvalue weighted by atomic mass is 16.2. The van der Waals surface area contributed by atoms with Crippen LogP contribution in [-0.2, 0) is 16.1 Å². The van der Waals surface area contributed by atoms with E-state index in [9.17, 15) is 9.59 Å². The summed E-state index contributed by atoms with van der Waals surface area (Å²) >= 11 is 0. The van der Waals surface area contributed by atoms with Gasteiger partial charge in [0.1, 0.15) is 0 Å². The molecule has 3 aliphatic rings. The molecule has 3 fully saturated rings. The van der Waals surface area contributed by atoms with E-state index < -0.39 is 0 Å². The molecule has 2 heterocycles. The number of piperazine rings is 1. The highest BCUT2D eigenvalue weighted by Crippen LogP contribution is 2.29. The SMILES string of the molecule is O=C1CC(N2CCN(Cc3ccccc3)CC2)C(=O)N1C1CCCCC1. The van der Waals surface area contributed by atoms with Gasteiger partial charge in [0, 0.05) is 38.8 Å². The van der Waals surface area contributed by atoms with Crippen molar-refractivity contribution in [2.45, 2.75) is 57.2 Å². The Labute approximate surface area is 155 Å². The molecule has 2 aliphatic heterocycles. The molecule has 0 bridgehead atoms. The van der Waals surface area contributed by atoms with Gasteiger partial charge in [-0.25, -0.2) is 0 Å². The predicted molar refractivity (Wildman–Crippen MR) is 100 cm³/mol. The zero-order valence-corrected chi connectivity index (χ0v) is 15.5. The molecule has 1 aromatic carbocycles. The summed E-state index contributed by atoms with van der Waals surface area (Å²) in [6, 6.07) is 10.5. The van der Waals surface area contributed by atoms with Gasteiger partial charge in [-0.05, 0) is 18.4 Å². The molecular weight excluding hydrogens is 326 g/mol. The summed E-state index contributed by atoms with van der Waals surface area (Å²) in [7, 11) is 0. The molecule has 2 saturated heterocycles. The van der Waals surface area contributed by atoms with Gasteiger partial charge in [0.25, 0.3) is 0 Å². The summed E-state index contributed by atoms with van der Waals surface area (Å²) in [4.78, 5) is 31.7. The van der Waals surface area contributed by atoms with Gasteiger partial charge in [-0.15, -0.1) is 0 Å². The van der Waals surface area contributed by atoms with E-state index in [0.29, 0.717) is 6.42 Å². The van der Waals surface area contributed by atoms with Crippen molar-refractivity contribution >= 4 is 11.8 Å². The largest absolute Gasteiger partial charge is 0.297 e. The number of benzene rings is 1. The molecule has 1 atom stereocenters. The Morgan fingerprint density at radius 1 is 0.885 bits per heavy atom. The second-order valence-electron chi connectivity index (χ2n) is 7.91. The van der Waals surface area contributed by atoms with Crippen molar-refractivity contribution in [2.24, 2.45) is 0 Å². The first-order valence-electron chi connectivity index (χ1n) is 10.1. The number of carbonyl (C=O) groups excluding carboxylic acids is 2. The molecule has 0 radical (unpaired) electrons. The summed E-state index contributed by atoms with van der Waals surface area (Å²) in [6.45, 7) is 4.61. The van der Waals surface area contributed by atoms with E-state index in [2.05, 4.69) is 34.1 Å². The number of carbonyl (C=O) groups is 2. The Morgan fingerprint density at radius 2 is 1.58 bits per heavy atom. The zero-order valence-electron chi connectivity index (χ0n) is 15.5. The maximum absolute atomic E-state index is 12.9. The summed E-state index contributed by atoms with van der Waals surface area (Å²) in [6.07, 6.45) is 5.90. The first kappa shape index (κ1) is 17.7. The van der Waals surface area contributed by atoms with Crippen LogP contribution in [0.3, 0.4) is 0 Å². The fourth-order valence-electron chi connectivity index (χ4n) is 4.72. The number of amides is 2. The lowest BCUT2D eigenvalue weighted by Crippen LogP contribution is -2.53. The Kier molecular flexibility index (Phi) is 5.36. The molecule has 1 aromatic rings. The highest BCUT2D eigenvalue weighted by Gasteiger charge is 2.45. The Bertz CT molecular complexity index is 634. The Balaban J connectivity index is 1.33. The summed E-state index contributed by atoms with van der Waals surface area (Å²) < 4.78 is 0. The van der Waals surface area contributed by atoms with E-state index in [1.165, 1.54) is 12.0 Å². The van der Waals surface area contributed by atoms with E-state index in [1.54, 1.807) is 4.90 Å². The van der Waals surface area contributed by atoms with Crippen LogP contribution in [0.1, 0.15) is 44.1 Å². The second kappa shape index (κ2) is 7.89. The smallest absolute Gasteiger partial charge is 0.247 e. The lowest BCUT2D eigenvalue weighted by molar-refractivity contribution is -0.143. The van der Waals surface area contributed by atoms with Crippen LogP contribution in [-0.4, -0.2) is 64.8 Å². The van der Waals surface area contributed by atoms with Crippen molar-refractivity contribution in [2.75, 3.05) is 26.2 Å². The normalized spacial score (nSPS) is 26.6. The highest BCUT2D eigenvalue weighted by molar-refractivity contribution is 6.05. The van der Waals surface area contributed by atoms with Gasteiger partial charge >= 0.3 is 0 Å². The molecule has 26 heavy (non-hydrogen) atoms.